The molecule has 9 nitrogen and oxygen atoms in total. The lowest BCUT2D eigenvalue weighted by Gasteiger charge is -2.31. The fraction of sp³-hybridized carbons (Fsp3) is 0.304. The van der Waals surface area contributed by atoms with E-state index in [1.807, 2.05) is 0 Å². The lowest BCUT2D eigenvalue weighted by atomic mass is 9.97. The number of sulfonamides is 1. The lowest BCUT2D eigenvalue weighted by Crippen LogP contribution is -2.39. The predicted octanol–water partition coefficient (Wildman–Crippen LogP) is 3.94. The molecule has 5 rings (SSSR count). The second-order valence-electron chi connectivity index (χ2n) is 8.74. The number of fused-ring (bicyclic) bond motifs is 1. The van der Waals surface area contributed by atoms with E-state index in [1.165, 1.54) is 28.9 Å². The normalized spacial score (nSPS) is 15.8. The Balaban J connectivity index is 1.40. The van der Waals surface area contributed by atoms with Gasteiger partial charge >= 0.3 is 6.18 Å². The zero-order valence-corrected chi connectivity index (χ0v) is 21.0. The molecule has 0 radical (unpaired) electrons. The number of benzene rings is 2. The first-order valence-electron chi connectivity index (χ1n) is 11.4. The highest BCUT2D eigenvalue weighted by molar-refractivity contribution is 7.89. The lowest BCUT2D eigenvalue weighted by molar-refractivity contribution is -0.139. The number of nitrogens with zero attached hydrogens (tertiary/aromatic N) is 5. The van der Waals surface area contributed by atoms with E-state index >= 15 is 0 Å². The third-order valence-corrected chi connectivity index (χ3v) is 8.72. The number of halogens is 5. The van der Waals surface area contributed by atoms with Crippen molar-refractivity contribution in [1.29, 1.82) is 0 Å². The maximum absolute atomic E-state index is 14.3. The summed E-state index contributed by atoms with van der Waals surface area (Å²) in [5.41, 5.74) is -1.64. The van der Waals surface area contributed by atoms with Crippen molar-refractivity contribution < 1.29 is 26.0 Å². The molecular formula is C23H19ClF4N6O3S. The van der Waals surface area contributed by atoms with E-state index < -0.39 is 44.0 Å². The standard InChI is InChI=1S/C23H19ClF4N6O3S/c24-16-5-3-6-17(25)14(16)12-34-21-19(31-32-34)22(35)30-20(29-21)13-8-10-33(11-9-13)38(36,37)18-7-2-1-4-15(18)23(26,27)28/h1-7,13H,8-12H2,(H,29,30,35). The Labute approximate surface area is 218 Å². The summed E-state index contributed by atoms with van der Waals surface area (Å²) in [5, 5.41) is 7.90. The van der Waals surface area contributed by atoms with Gasteiger partial charge in [-0.05, 0) is 37.1 Å². The van der Waals surface area contributed by atoms with Crippen LogP contribution in [0.25, 0.3) is 11.2 Å². The van der Waals surface area contributed by atoms with E-state index in [4.69, 9.17) is 11.6 Å². The fourth-order valence-corrected chi connectivity index (χ4v) is 6.36. The van der Waals surface area contributed by atoms with Crippen molar-refractivity contribution in [3.05, 3.63) is 80.6 Å². The Morgan fingerprint density at radius 2 is 1.79 bits per heavy atom. The third-order valence-electron chi connectivity index (χ3n) is 6.41. The van der Waals surface area contributed by atoms with Crippen LogP contribution in [0.5, 0.6) is 0 Å². The van der Waals surface area contributed by atoms with Gasteiger partial charge in [-0.1, -0.05) is 35.0 Å². The van der Waals surface area contributed by atoms with E-state index in [2.05, 4.69) is 20.3 Å². The number of piperidine rings is 1. The van der Waals surface area contributed by atoms with Gasteiger partial charge in [0.05, 0.1) is 17.0 Å². The number of hydrogen-bond acceptors (Lipinski definition) is 6. The molecule has 0 spiro atoms. The van der Waals surface area contributed by atoms with E-state index in [-0.39, 0.29) is 60.1 Å². The molecule has 1 aliphatic rings. The average Bonchev–Trinajstić information content (AvgIpc) is 3.29. The smallest absolute Gasteiger partial charge is 0.308 e. The molecule has 0 aliphatic carbocycles. The highest BCUT2D eigenvalue weighted by Crippen LogP contribution is 2.36. The maximum Gasteiger partial charge on any atom is 0.417 e. The van der Waals surface area contributed by atoms with Crippen LogP contribution < -0.4 is 5.56 Å². The molecule has 0 amide bonds. The summed E-state index contributed by atoms with van der Waals surface area (Å²) in [5.74, 6) is -0.706. The minimum Gasteiger partial charge on any atom is -0.308 e. The summed E-state index contributed by atoms with van der Waals surface area (Å²) in [4.78, 5) is 19.0. The number of rotatable bonds is 5. The molecule has 2 aromatic carbocycles. The number of H-pyrrole nitrogens is 1. The first kappa shape index (κ1) is 26.3. The molecule has 3 heterocycles. The molecule has 0 unspecified atom stereocenters. The van der Waals surface area contributed by atoms with Gasteiger partial charge in [0.2, 0.25) is 10.0 Å². The molecule has 1 N–H and O–H groups in total. The highest BCUT2D eigenvalue weighted by atomic mass is 35.5. The van der Waals surface area contributed by atoms with Crippen LogP contribution in [0.15, 0.2) is 52.2 Å². The van der Waals surface area contributed by atoms with Gasteiger partial charge in [-0.15, -0.1) is 5.10 Å². The minimum absolute atomic E-state index is 0.0648. The number of alkyl halides is 3. The number of nitrogens with one attached hydrogen (secondary N) is 1. The number of aromatic amines is 1. The van der Waals surface area contributed by atoms with Crippen LogP contribution in [-0.2, 0) is 22.7 Å². The molecule has 0 saturated carbocycles. The van der Waals surface area contributed by atoms with Crippen LogP contribution in [0.4, 0.5) is 17.6 Å². The van der Waals surface area contributed by atoms with Gasteiger partial charge in [0, 0.05) is 29.6 Å². The monoisotopic (exact) mass is 570 g/mol. The number of aromatic nitrogens is 5. The second kappa shape index (κ2) is 9.75. The molecule has 15 heteroatoms. The summed E-state index contributed by atoms with van der Waals surface area (Å²) in [6, 6.07) is 8.25. The van der Waals surface area contributed by atoms with Crippen molar-refractivity contribution >= 4 is 32.8 Å². The first-order valence-corrected chi connectivity index (χ1v) is 13.2. The van der Waals surface area contributed by atoms with Crippen LogP contribution in [0.2, 0.25) is 5.02 Å². The van der Waals surface area contributed by atoms with Gasteiger partial charge in [0.25, 0.3) is 5.56 Å². The summed E-state index contributed by atoms with van der Waals surface area (Å²) in [7, 11) is -4.42. The SMILES string of the molecule is O=c1[nH]c(C2CCN(S(=O)(=O)c3ccccc3C(F)(F)F)CC2)nc2c1nnn2Cc1c(F)cccc1Cl. The summed E-state index contributed by atoms with van der Waals surface area (Å²) in [6.07, 6.45) is -4.43. The third kappa shape index (κ3) is 4.78. The van der Waals surface area contributed by atoms with Gasteiger partial charge < -0.3 is 4.98 Å². The maximum atomic E-state index is 14.3. The second-order valence-corrected chi connectivity index (χ2v) is 11.1. The molecule has 1 saturated heterocycles. The van der Waals surface area contributed by atoms with Gasteiger partial charge in [-0.25, -0.2) is 22.5 Å². The Kier molecular flexibility index (Phi) is 6.73. The Hall–Kier alpha value is -3.36. The molecule has 38 heavy (non-hydrogen) atoms. The van der Waals surface area contributed by atoms with Crippen molar-refractivity contribution in [1.82, 2.24) is 29.3 Å². The summed E-state index contributed by atoms with van der Waals surface area (Å²) < 4.78 is 82.9. The molecular weight excluding hydrogens is 552 g/mol. The largest absolute Gasteiger partial charge is 0.417 e. The highest BCUT2D eigenvalue weighted by Gasteiger charge is 2.40. The first-order chi connectivity index (χ1) is 18.0. The van der Waals surface area contributed by atoms with Gasteiger partial charge in [-0.2, -0.15) is 17.5 Å². The summed E-state index contributed by atoms with van der Waals surface area (Å²) in [6.45, 7) is -0.292. The van der Waals surface area contributed by atoms with Crippen LogP contribution in [0, 0.1) is 5.82 Å². The van der Waals surface area contributed by atoms with Crippen LogP contribution in [-0.4, -0.2) is 50.8 Å². The predicted molar refractivity (Wildman–Crippen MR) is 129 cm³/mol. The van der Waals surface area contributed by atoms with Crippen molar-refractivity contribution in [2.75, 3.05) is 13.1 Å². The van der Waals surface area contributed by atoms with Crippen LogP contribution in [0.3, 0.4) is 0 Å². The molecule has 2 aromatic heterocycles. The fourth-order valence-electron chi connectivity index (χ4n) is 4.45. The molecule has 1 aliphatic heterocycles. The van der Waals surface area contributed by atoms with Crippen molar-refractivity contribution in [3.8, 4) is 0 Å². The average molecular weight is 571 g/mol. The van der Waals surface area contributed by atoms with Crippen LogP contribution >= 0.6 is 11.6 Å². The molecule has 4 aromatic rings. The van der Waals surface area contributed by atoms with E-state index in [9.17, 15) is 30.8 Å². The zero-order valence-electron chi connectivity index (χ0n) is 19.4. The van der Waals surface area contributed by atoms with E-state index in [0.717, 1.165) is 22.5 Å². The quantitative estimate of drug-likeness (QED) is 0.364. The van der Waals surface area contributed by atoms with Crippen molar-refractivity contribution in [2.45, 2.75) is 36.4 Å². The molecule has 1 fully saturated rings. The van der Waals surface area contributed by atoms with Crippen LogP contribution in [0.1, 0.15) is 35.7 Å². The van der Waals surface area contributed by atoms with Gasteiger partial charge in [-0.3, -0.25) is 4.79 Å². The van der Waals surface area contributed by atoms with Crippen molar-refractivity contribution in [3.63, 3.8) is 0 Å². The molecule has 0 atom stereocenters. The molecule has 200 valence electrons. The Morgan fingerprint density at radius 3 is 2.47 bits per heavy atom. The topological polar surface area (TPSA) is 114 Å². The Morgan fingerprint density at radius 1 is 1.08 bits per heavy atom. The minimum atomic E-state index is -4.83. The van der Waals surface area contributed by atoms with Gasteiger partial charge in [0.15, 0.2) is 11.2 Å². The number of hydrogen-bond donors (Lipinski definition) is 1. The summed E-state index contributed by atoms with van der Waals surface area (Å²) >= 11 is 6.11. The molecule has 0 bridgehead atoms. The van der Waals surface area contributed by atoms with E-state index in [1.54, 1.807) is 0 Å². The zero-order chi connectivity index (χ0) is 27.2. The van der Waals surface area contributed by atoms with Gasteiger partial charge in [0.1, 0.15) is 11.6 Å². The van der Waals surface area contributed by atoms with Crippen molar-refractivity contribution in [2.24, 2.45) is 0 Å². The Bertz CT molecular complexity index is 1660. The van der Waals surface area contributed by atoms with E-state index in [0.29, 0.717) is 0 Å².